The fourth-order valence-corrected chi connectivity index (χ4v) is 3.43. The van der Waals surface area contributed by atoms with Gasteiger partial charge in [-0.1, -0.05) is 32.1 Å². The Kier molecular flexibility index (Phi) is 5.35. The molecule has 0 heterocycles. The van der Waals surface area contributed by atoms with Crippen LogP contribution in [0.15, 0.2) is 0 Å². The summed E-state index contributed by atoms with van der Waals surface area (Å²) in [4.78, 5) is 12.2. The Morgan fingerprint density at radius 3 is 2.28 bits per heavy atom. The van der Waals surface area contributed by atoms with Crippen LogP contribution >= 0.6 is 11.6 Å². The van der Waals surface area contributed by atoms with Crippen LogP contribution in [0.4, 0.5) is 0 Å². The molecule has 0 unspecified atom stereocenters. The van der Waals surface area contributed by atoms with Crippen molar-refractivity contribution in [2.24, 2.45) is 11.3 Å². The second-order valence-corrected chi connectivity index (χ2v) is 6.58. The Balaban J connectivity index is 1.72. The van der Waals surface area contributed by atoms with Crippen LogP contribution in [0.2, 0.25) is 0 Å². The predicted molar refractivity (Wildman–Crippen MR) is 75.8 cm³/mol. The molecule has 2 aliphatic rings. The highest BCUT2D eigenvalue weighted by Gasteiger charge is 2.42. The summed E-state index contributed by atoms with van der Waals surface area (Å²) < 4.78 is 0. The normalized spacial score (nSPS) is 24.1. The number of alkyl halides is 1. The Morgan fingerprint density at radius 1 is 1.11 bits per heavy atom. The number of rotatable bonds is 5. The van der Waals surface area contributed by atoms with Gasteiger partial charge in [-0.2, -0.15) is 0 Å². The zero-order valence-electron chi connectivity index (χ0n) is 11.3. The summed E-state index contributed by atoms with van der Waals surface area (Å²) in [6.07, 6.45) is 12.1. The van der Waals surface area contributed by atoms with Crippen LogP contribution in [-0.2, 0) is 4.79 Å². The Morgan fingerprint density at radius 2 is 1.72 bits per heavy atom. The highest BCUT2D eigenvalue weighted by Crippen LogP contribution is 2.48. The van der Waals surface area contributed by atoms with Crippen LogP contribution in [0.1, 0.15) is 64.2 Å². The maximum atomic E-state index is 12.2. The molecule has 0 aromatic carbocycles. The van der Waals surface area contributed by atoms with Gasteiger partial charge in [0.15, 0.2) is 0 Å². The molecule has 1 N–H and O–H groups in total. The Bertz CT molecular complexity index is 268. The Labute approximate surface area is 116 Å². The van der Waals surface area contributed by atoms with E-state index in [1.54, 1.807) is 0 Å². The second-order valence-electron chi connectivity index (χ2n) is 6.20. The maximum absolute atomic E-state index is 12.2. The van der Waals surface area contributed by atoms with Crippen molar-refractivity contribution < 1.29 is 4.79 Å². The summed E-state index contributed by atoms with van der Waals surface area (Å²) in [5, 5.41) is 3.19. The molecule has 2 rings (SSSR count). The number of carbonyl (C=O) groups is 1. The van der Waals surface area contributed by atoms with E-state index >= 15 is 0 Å². The van der Waals surface area contributed by atoms with Gasteiger partial charge >= 0.3 is 0 Å². The van der Waals surface area contributed by atoms with Gasteiger partial charge in [0.25, 0.3) is 0 Å². The van der Waals surface area contributed by atoms with E-state index in [2.05, 4.69) is 5.32 Å². The number of nitrogens with one attached hydrogen (secondary N) is 1. The molecule has 104 valence electrons. The molecule has 0 radical (unpaired) electrons. The van der Waals surface area contributed by atoms with Gasteiger partial charge in [-0.15, -0.1) is 11.6 Å². The van der Waals surface area contributed by atoms with Crippen molar-refractivity contribution in [2.45, 2.75) is 64.2 Å². The van der Waals surface area contributed by atoms with E-state index in [4.69, 9.17) is 11.6 Å². The molecular formula is C15H26ClNO. The molecule has 0 saturated heterocycles. The van der Waals surface area contributed by atoms with Crippen LogP contribution in [0.25, 0.3) is 0 Å². The van der Waals surface area contributed by atoms with Gasteiger partial charge in [0.2, 0.25) is 5.91 Å². The molecule has 0 bridgehead atoms. The number of hydrogen-bond acceptors (Lipinski definition) is 1. The molecule has 2 fully saturated rings. The van der Waals surface area contributed by atoms with Crippen LogP contribution in [-0.4, -0.2) is 18.3 Å². The fourth-order valence-electron chi connectivity index (χ4n) is 3.03. The van der Waals surface area contributed by atoms with Gasteiger partial charge in [-0.25, -0.2) is 0 Å². The highest BCUT2D eigenvalue weighted by atomic mass is 35.5. The lowest BCUT2D eigenvalue weighted by Crippen LogP contribution is -2.35. The van der Waals surface area contributed by atoms with Gasteiger partial charge in [0.05, 0.1) is 0 Å². The summed E-state index contributed by atoms with van der Waals surface area (Å²) in [5.74, 6) is 1.30. The standard InChI is InChI=1S/C15H26ClNO/c16-11-10-15(8-9-15)12-17-14(18)13-6-4-2-1-3-5-7-13/h13H,1-12H2,(H,17,18). The van der Waals surface area contributed by atoms with Crippen molar-refractivity contribution in [2.75, 3.05) is 12.4 Å². The van der Waals surface area contributed by atoms with Crippen molar-refractivity contribution in [3.8, 4) is 0 Å². The minimum absolute atomic E-state index is 0.275. The summed E-state index contributed by atoms with van der Waals surface area (Å²) in [7, 11) is 0. The zero-order valence-corrected chi connectivity index (χ0v) is 12.1. The van der Waals surface area contributed by atoms with Crippen molar-refractivity contribution in [1.82, 2.24) is 5.32 Å². The van der Waals surface area contributed by atoms with E-state index in [1.165, 1.54) is 44.9 Å². The van der Waals surface area contributed by atoms with Crippen LogP contribution in [0.5, 0.6) is 0 Å². The number of amides is 1. The molecule has 2 aliphatic carbocycles. The van der Waals surface area contributed by atoms with Gasteiger partial charge in [0, 0.05) is 18.3 Å². The average Bonchev–Trinajstić information content (AvgIpc) is 3.07. The predicted octanol–water partition coefficient (Wildman–Crippen LogP) is 3.87. The van der Waals surface area contributed by atoms with Gasteiger partial charge in [0.1, 0.15) is 0 Å². The summed E-state index contributed by atoms with van der Waals surface area (Å²) >= 11 is 5.82. The van der Waals surface area contributed by atoms with E-state index in [0.29, 0.717) is 11.3 Å². The number of halogens is 1. The first kappa shape index (κ1) is 14.2. The van der Waals surface area contributed by atoms with Crippen LogP contribution < -0.4 is 5.32 Å². The summed E-state index contributed by atoms with van der Waals surface area (Å²) in [5.41, 5.74) is 0.360. The molecular weight excluding hydrogens is 246 g/mol. The lowest BCUT2D eigenvalue weighted by atomic mass is 9.90. The van der Waals surface area contributed by atoms with E-state index in [0.717, 1.165) is 31.7 Å². The third kappa shape index (κ3) is 4.15. The van der Waals surface area contributed by atoms with Crippen molar-refractivity contribution in [3.05, 3.63) is 0 Å². The van der Waals surface area contributed by atoms with E-state index in [1.807, 2.05) is 0 Å². The zero-order chi connectivity index (χ0) is 12.8. The van der Waals surface area contributed by atoms with Crippen molar-refractivity contribution in [1.29, 1.82) is 0 Å². The van der Waals surface area contributed by atoms with E-state index in [-0.39, 0.29) is 5.92 Å². The van der Waals surface area contributed by atoms with Gasteiger partial charge < -0.3 is 5.32 Å². The SMILES string of the molecule is O=C(NCC1(CCCl)CC1)C1CCCCCCC1. The second kappa shape index (κ2) is 6.79. The van der Waals surface area contributed by atoms with Crippen LogP contribution in [0.3, 0.4) is 0 Å². The van der Waals surface area contributed by atoms with E-state index in [9.17, 15) is 4.79 Å². The maximum Gasteiger partial charge on any atom is 0.223 e. The first-order valence-electron chi connectivity index (χ1n) is 7.59. The molecule has 3 heteroatoms. The van der Waals surface area contributed by atoms with Crippen molar-refractivity contribution in [3.63, 3.8) is 0 Å². The molecule has 0 aromatic heterocycles. The molecule has 0 spiro atoms. The molecule has 2 saturated carbocycles. The lowest BCUT2D eigenvalue weighted by Gasteiger charge is -2.21. The van der Waals surface area contributed by atoms with Gasteiger partial charge in [-0.05, 0) is 37.5 Å². The fraction of sp³-hybridized carbons (Fsp3) is 0.933. The third-order valence-corrected chi connectivity index (χ3v) is 4.88. The van der Waals surface area contributed by atoms with Crippen molar-refractivity contribution >= 4 is 17.5 Å². The highest BCUT2D eigenvalue weighted by molar-refractivity contribution is 6.17. The lowest BCUT2D eigenvalue weighted by molar-refractivity contribution is -0.125. The molecule has 1 amide bonds. The molecule has 2 nitrogen and oxygen atoms in total. The number of carbonyl (C=O) groups excluding carboxylic acids is 1. The largest absolute Gasteiger partial charge is 0.355 e. The minimum atomic E-state index is 0.275. The topological polar surface area (TPSA) is 29.1 Å². The van der Waals surface area contributed by atoms with Crippen LogP contribution in [0, 0.1) is 11.3 Å². The number of hydrogen-bond donors (Lipinski definition) is 1. The molecule has 18 heavy (non-hydrogen) atoms. The average molecular weight is 272 g/mol. The molecule has 0 atom stereocenters. The minimum Gasteiger partial charge on any atom is -0.355 e. The third-order valence-electron chi connectivity index (χ3n) is 4.70. The summed E-state index contributed by atoms with van der Waals surface area (Å²) in [6.45, 7) is 0.856. The summed E-state index contributed by atoms with van der Waals surface area (Å²) in [6, 6.07) is 0. The molecule has 0 aliphatic heterocycles. The Hall–Kier alpha value is -0.240. The molecule has 0 aromatic rings. The first-order valence-corrected chi connectivity index (χ1v) is 8.13. The smallest absolute Gasteiger partial charge is 0.223 e. The first-order chi connectivity index (χ1) is 8.76. The van der Waals surface area contributed by atoms with Gasteiger partial charge in [-0.3, -0.25) is 4.79 Å². The monoisotopic (exact) mass is 271 g/mol. The quantitative estimate of drug-likeness (QED) is 0.756. The van der Waals surface area contributed by atoms with E-state index < -0.39 is 0 Å².